The van der Waals surface area contributed by atoms with Gasteiger partial charge in [0.05, 0.1) is 34.2 Å². The van der Waals surface area contributed by atoms with Crippen molar-refractivity contribution in [3.05, 3.63) is 71.4 Å². The summed E-state index contributed by atoms with van der Waals surface area (Å²) in [7, 11) is 1.84. The largest absolute Gasteiger partial charge is 0.355 e. The molecule has 1 atom stereocenters. The van der Waals surface area contributed by atoms with E-state index in [0.29, 0.717) is 5.57 Å². The molecule has 5 heteroatoms. The van der Waals surface area contributed by atoms with Crippen LogP contribution in [-0.2, 0) is 9.59 Å². The Balaban J connectivity index is 1.79. The van der Waals surface area contributed by atoms with Crippen molar-refractivity contribution in [1.29, 1.82) is 0 Å². The molecule has 2 aromatic carbocycles. The van der Waals surface area contributed by atoms with Crippen LogP contribution in [0.1, 0.15) is 44.7 Å². The van der Waals surface area contributed by atoms with Gasteiger partial charge < -0.3 is 10.2 Å². The monoisotopic (exact) mass is 401 g/mol. The fraction of sp³-hybridized carbons (Fsp3) is 0.360. The Morgan fingerprint density at radius 1 is 1.03 bits per heavy atom. The van der Waals surface area contributed by atoms with Crippen LogP contribution in [0.25, 0.3) is 0 Å². The molecule has 0 spiro atoms. The zero-order valence-corrected chi connectivity index (χ0v) is 17.7. The fourth-order valence-electron chi connectivity index (χ4n) is 4.75. The van der Waals surface area contributed by atoms with Crippen LogP contribution in [0.15, 0.2) is 65.9 Å². The first-order chi connectivity index (χ1) is 14.4. The molecular formula is C25H27N3O2. The van der Waals surface area contributed by atoms with E-state index in [4.69, 9.17) is 0 Å². The minimum Gasteiger partial charge on any atom is -0.355 e. The third-order valence-electron chi connectivity index (χ3n) is 7.02. The third-order valence-corrected chi connectivity index (χ3v) is 7.02. The van der Waals surface area contributed by atoms with Gasteiger partial charge in [-0.1, -0.05) is 48.9 Å². The molecule has 2 aromatic rings. The van der Waals surface area contributed by atoms with Gasteiger partial charge in [-0.3, -0.25) is 14.5 Å². The van der Waals surface area contributed by atoms with Gasteiger partial charge in [-0.05, 0) is 44.4 Å². The van der Waals surface area contributed by atoms with E-state index in [1.165, 1.54) is 0 Å². The van der Waals surface area contributed by atoms with Crippen LogP contribution in [0.5, 0.6) is 0 Å². The lowest BCUT2D eigenvalue weighted by Crippen LogP contribution is -2.44. The second kappa shape index (κ2) is 6.73. The number of rotatable bonds is 2. The first kappa shape index (κ1) is 18.9. The van der Waals surface area contributed by atoms with E-state index in [-0.39, 0.29) is 17.7 Å². The number of anilines is 2. The van der Waals surface area contributed by atoms with Gasteiger partial charge in [0.2, 0.25) is 5.91 Å². The Bertz CT molecular complexity index is 1050. The van der Waals surface area contributed by atoms with Crippen LogP contribution in [0, 0.1) is 5.92 Å². The van der Waals surface area contributed by atoms with Gasteiger partial charge in [0.1, 0.15) is 0 Å². The zero-order valence-electron chi connectivity index (χ0n) is 17.7. The van der Waals surface area contributed by atoms with Crippen molar-refractivity contribution in [1.82, 2.24) is 4.90 Å². The molecule has 0 bridgehead atoms. The summed E-state index contributed by atoms with van der Waals surface area (Å²) in [5, 5.41) is 3.56. The van der Waals surface area contributed by atoms with E-state index < -0.39 is 11.6 Å². The van der Waals surface area contributed by atoms with Gasteiger partial charge in [0.25, 0.3) is 5.91 Å². The number of benzene rings is 2. The van der Waals surface area contributed by atoms with Gasteiger partial charge in [0, 0.05) is 13.0 Å². The molecule has 1 unspecified atom stereocenters. The molecule has 0 radical (unpaired) electrons. The lowest BCUT2D eigenvalue weighted by atomic mass is 9.83. The van der Waals surface area contributed by atoms with Crippen molar-refractivity contribution in [2.45, 2.75) is 44.7 Å². The van der Waals surface area contributed by atoms with E-state index in [0.717, 1.165) is 41.9 Å². The van der Waals surface area contributed by atoms with Crippen LogP contribution in [0.3, 0.4) is 0 Å². The van der Waals surface area contributed by atoms with Crippen LogP contribution in [0.2, 0.25) is 0 Å². The predicted molar refractivity (Wildman–Crippen MR) is 118 cm³/mol. The van der Waals surface area contributed by atoms with Crippen molar-refractivity contribution in [3.8, 4) is 0 Å². The molecule has 2 amide bonds. The molecule has 2 aliphatic heterocycles. The normalized spacial score (nSPS) is 22.8. The van der Waals surface area contributed by atoms with Crippen LogP contribution in [0.4, 0.5) is 11.4 Å². The van der Waals surface area contributed by atoms with Crippen LogP contribution in [-0.4, -0.2) is 29.3 Å². The first-order valence-corrected chi connectivity index (χ1v) is 10.7. The summed E-state index contributed by atoms with van der Waals surface area (Å²) in [4.78, 5) is 31.0. The number of fused-ring (bicyclic) bond motifs is 1. The Kier molecular flexibility index (Phi) is 4.24. The molecule has 1 N–H and O–H groups in total. The highest BCUT2D eigenvalue weighted by Crippen LogP contribution is 2.49. The summed E-state index contributed by atoms with van der Waals surface area (Å²) in [5.41, 5.74) is 3.70. The van der Waals surface area contributed by atoms with Crippen molar-refractivity contribution in [3.63, 3.8) is 0 Å². The summed E-state index contributed by atoms with van der Waals surface area (Å²) in [6.45, 7) is 4.10. The highest BCUT2D eigenvalue weighted by molar-refractivity contribution is 6.07. The number of para-hydroxylation sites is 2. The zero-order chi connectivity index (χ0) is 21.0. The van der Waals surface area contributed by atoms with Crippen molar-refractivity contribution < 1.29 is 9.59 Å². The summed E-state index contributed by atoms with van der Waals surface area (Å²) < 4.78 is 0. The molecule has 5 nitrogen and oxygen atoms in total. The van der Waals surface area contributed by atoms with Crippen molar-refractivity contribution in [2.75, 3.05) is 17.3 Å². The minimum atomic E-state index is -0.498. The smallest absolute Gasteiger partial charge is 0.254 e. The number of hydrogen-bond acceptors (Lipinski definition) is 3. The standard InChI is InChI=1S/C25H27N3O2/c1-25(2)22-20(24(30)27(25)3)21(16-10-5-4-6-11-16)28(23(29)17-12-9-13-17)19-15-8-7-14-18(19)26-22/h4-8,10-11,14-15,17,21,26H,9,12-13H2,1-3H3. The third kappa shape index (κ3) is 2.61. The summed E-state index contributed by atoms with van der Waals surface area (Å²) in [6, 6.07) is 17.4. The average molecular weight is 402 g/mol. The Labute approximate surface area is 177 Å². The number of carbonyl (C=O) groups is 2. The summed E-state index contributed by atoms with van der Waals surface area (Å²) in [5.74, 6) is 0.0995. The molecule has 30 heavy (non-hydrogen) atoms. The number of nitrogens with zero attached hydrogens (tertiary/aromatic N) is 2. The van der Waals surface area contributed by atoms with E-state index >= 15 is 0 Å². The maximum atomic E-state index is 13.8. The summed E-state index contributed by atoms with van der Waals surface area (Å²) in [6.07, 6.45) is 2.91. The molecular weight excluding hydrogens is 374 g/mol. The number of amides is 2. The van der Waals surface area contributed by atoms with Gasteiger partial charge in [0.15, 0.2) is 0 Å². The average Bonchev–Trinajstić information content (AvgIpc) is 2.83. The van der Waals surface area contributed by atoms with E-state index in [9.17, 15) is 9.59 Å². The number of hydrogen-bond donors (Lipinski definition) is 1. The second-order valence-corrected chi connectivity index (χ2v) is 9.00. The van der Waals surface area contributed by atoms with E-state index in [2.05, 4.69) is 5.32 Å². The van der Waals surface area contributed by atoms with E-state index in [1.54, 1.807) is 4.90 Å². The molecule has 5 rings (SSSR count). The second-order valence-electron chi connectivity index (χ2n) is 9.00. The molecule has 2 heterocycles. The fourth-order valence-corrected chi connectivity index (χ4v) is 4.75. The molecule has 1 aliphatic carbocycles. The Morgan fingerprint density at radius 3 is 2.37 bits per heavy atom. The molecule has 3 aliphatic rings. The highest BCUT2D eigenvalue weighted by Gasteiger charge is 2.51. The van der Waals surface area contributed by atoms with Crippen LogP contribution >= 0.6 is 0 Å². The van der Waals surface area contributed by atoms with Gasteiger partial charge >= 0.3 is 0 Å². The SMILES string of the molecule is CN1C(=O)C2=C(Nc3ccccc3N(C(=O)C3CCC3)C2c2ccccc2)C1(C)C. The van der Waals surface area contributed by atoms with Gasteiger partial charge in [-0.25, -0.2) is 0 Å². The molecule has 154 valence electrons. The summed E-state index contributed by atoms with van der Waals surface area (Å²) >= 11 is 0. The Morgan fingerprint density at radius 2 is 1.70 bits per heavy atom. The molecule has 0 saturated heterocycles. The first-order valence-electron chi connectivity index (χ1n) is 10.7. The van der Waals surface area contributed by atoms with Crippen LogP contribution < -0.4 is 10.2 Å². The topological polar surface area (TPSA) is 52.7 Å². The molecule has 1 saturated carbocycles. The lowest BCUT2D eigenvalue weighted by Gasteiger charge is -2.37. The Hall–Kier alpha value is -3.08. The van der Waals surface area contributed by atoms with Gasteiger partial charge in [-0.2, -0.15) is 0 Å². The van der Waals surface area contributed by atoms with Gasteiger partial charge in [-0.15, -0.1) is 0 Å². The maximum Gasteiger partial charge on any atom is 0.254 e. The number of carbonyl (C=O) groups excluding carboxylic acids is 2. The minimum absolute atomic E-state index is 0.0219. The molecule has 0 aromatic heterocycles. The number of likely N-dealkylation sites (N-methyl/N-ethyl adjacent to an activating group) is 1. The quantitative estimate of drug-likeness (QED) is 0.807. The lowest BCUT2D eigenvalue weighted by molar-refractivity contribution is -0.127. The molecule has 1 fully saturated rings. The maximum absolute atomic E-state index is 13.8. The highest BCUT2D eigenvalue weighted by atomic mass is 16.2. The predicted octanol–water partition coefficient (Wildman–Crippen LogP) is 4.49. The number of nitrogens with one attached hydrogen (secondary N) is 1. The van der Waals surface area contributed by atoms with E-state index in [1.807, 2.05) is 80.4 Å². The van der Waals surface area contributed by atoms with Crippen molar-refractivity contribution in [2.24, 2.45) is 5.92 Å². The van der Waals surface area contributed by atoms with Crippen molar-refractivity contribution >= 4 is 23.2 Å².